The molecule has 0 bridgehead atoms. The van der Waals surface area contributed by atoms with E-state index in [0.717, 1.165) is 29.5 Å². The Bertz CT molecular complexity index is 504. The third-order valence-corrected chi connectivity index (χ3v) is 4.87. The second-order valence-electron chi connectivity index (χ2n) is 6.70. The van der Waals surface area contributed by atoms with Gasteiger partial charge < -0.3 is 10.5 Å². The quantitative estimate of drug-likeness (QED) is 0.837. The lowest BCUT2D eigenvalue weighted by Gasteiger charge is -2.35. The maximum absolute atomic E-state index is 6.71. The summed E-state index contributed by atoms with van der Waals surface area (Å²) in [5, 5.41) is 0. The molecule has 2 aliphatic rings. The number of ether oxygens (including phenoxy) is 1. The van der Waals surface area contributed by atoms with E-state index >= 15 is 0 Å². The van der Waals surface area contributed by atoms with E-state index in [1.807, 2.05) is 0 Å². The van der Waals surface area contributed by atoms with Crippen molar-refractivity contribution in [2.45, 2.75) is 63.5 Å². The summed E-state index contributed by atoms with van der Waals surface area (Å²) in [6.45, 7) is 4.30. The lowest BCUT2D eigenvalue weighted by Crippen LogP contribution is -2.39. The SMILES string of the molecule is CC1(C)Cc2cc(Br)cc(C3(N)CCCCC3)c2O1. The van der Waals surface area contributed by atoms with Crippen LogP contribution in [0.25, 0.3) is 0 Å². The first kappa shape index (κ1) is 13.4. The van der Waals surface area contributed by atoms with Gasteiger partial charge in [-0.15, -0.1) is 0 Å². The maximum atomic E-state index is 6.71. The molecule has 3 rings (SSSR count). The van der Waals surface area contributed by atoms with Crippen molar-refractivity contribution in [1.29, 1.82) is 0 Å². The van der Waals surface area contributed by atoms with Crippen LogP contribution in [-0.2, 0) is 12.0 Å². The molecule has 3 heteroatoms. The number of nitrogens with two attached hydrogens (primary N) is 1. The molecule has 1 aromatic carbocycles. The number of hydrogen-bond donors (Lipinski definition) is 1. The highest BCUT2D eigenvalue weighted by atomic mass is 79.9. The summed E-state index contributed by atoms with van der Waals surface area (Å²) >= 11 is 3.63. The van der Waals surface area contributed by atoms with Crippen LogP contribution in [0.15, 0.2) is 16.6 Å². The minimum Gasteiger partial charge on any atom is -0.487 e. The summed E-state index contributed by atoms with van der Waals surface area (Å²) in [4.78, 5) is 0. The van der Waals surface area contributed by atoms with E-state index < -0.39 is 0 Å². The molecule has 0 radical (unpaired) electrons. The van der Waals surface area contributed by atoms with Crippen LogP contribution in [-0.4, -0.2) is 5.60 Å². The van der Waals surface area contributed by atoms with Crippen LogP contribution in [0.5, 0.6) is 5.75 Å². The Balaban J connectivity index is 2.08. The Labute approximate surface area is 123 Å². The molecular formula is C16H22BrNO. The van der Waals surface area contributed by atoms with Crippen LogP contribution >= 0.6 is 15.9 Å². The first-order chi connectivity index (χ1) is 8.90. The van der Waals surface area contributed by atoms with Gasteiger partial charge in [-0.2, -0.15) is 0 Å². The molecular weight excluding hydrogens is 302 g/mol. The molecule has 1 aromatic rings. The number of hydrogen-bond acceptors (Lipinski definition) is 2. The lowest BCUT2D eigenvalue weighted by atomic mass is 9.76. The summed E-state index contributed by atoms with van der Waals surface area (Å²) in [6.07, 6.45) is 6.86. The maximum Gasteiger partial charge on any atom is 0.128 e. The van der Waals surface area contributed by atoms with Crippen LogP contribution in [0, 0.1) is 0 Å². The molecule has 19 heavy (non-hydrogen) atoms. The largest absolute Gasteiger partial charge is 0.487 e. The summed E-state index contributed by atoms with van der Waals surface area (Å²) in [7, 11) is 0. The van der Waals surface area contributed by atoms with Crippen LogP contribution in [0.4, 0.5) is 0 Å². The van der Waals surface area contributed by atoms with E-state index in [9.17, 15) is 0 Å². The molecule has 1 aliphatic heterocycles. The van der Waals surface area contributed by atoms with Crippen LogP contribution in [0.2, 0.25) is 0 Å². The normalized spacial score (nSPS) is 23.8. The van der Waals surface area contributed by atoms with Crippen molar-refractivity contribution in [3.8, 4) is 5.75 Å². The summed E-state index contributed by atoms with van der Waals surface area (Å²) in [5.41, 5.74) is 8.91. The Morgan fingerprint density at radius 1 is 1.16 bits per heavy atom. The van der Waals surface area contributed by atoms with Crippen molar-refractivity contribution in [1.82, 2.24) is 0 Å². The van der Waals surface area contributed by atoms with E-state index in [1.54, 1.807) is 0 Å². The average Bonchev–Trinajstić information content (AvgIpc) is 2.62. The summed E-state index contributed by atoms with van der Waals surface area (Å²) < 4.78 is 7.32. The van der Waals surface area contributed by atoms with Gasteiger partial charge in [-0.1, -0.05) is 35.2 Å². The molecule has 1 saturated carbocycles. The molecule has 1 heterocycles. The fourth-order valence-corrected chi connectivity index (χ4v) is 4.00. The molecule has 2 N–H and O–H groups in total. The van der Waals surface area contributed by atoms with Gasteiger partial charge in [0.2, 0.25) is 0 Å². The predicted molar refractivity (Wildman–Crippen MR) is 81.5 cm³/mol. The second-order valence-corrected chi connectivity index (χ2v) is 7.61. The molecule has 0 amide bonds. The van der Waals surface area contributed by atoms with Gasteiger partial charge >= 0.3 is 0 Å². The highest BCUT2D eigenvalue weighted by Gasteiger charge is 2.38. The van der Waals surface area contributed by atoms with Gasteiger partial charge in [0.05, 0.1) is 0 Å². The predicted octanol–water partition coefficient (Wildman–Crippen LogP) is 4.28. The Morgan fingerprint density at radius 3 is 2.53 bits per heavy atom. The van der Waals surface area contributed by atoms with Crippen molar-refractivity contribution >= 4 is 15.9 Å². The van der Waals surface area contributed by atoms with Crippen molar-refractivity contribution in [2.24, 2.45) is 5.73 Å². The van der Waals surface area contributed by atoms with Crippen molar-refractivity contribution in [3.05, 3.63) is 27.7 Å². The fraction of sp³-hybridized carbons (Fsp3) is 0.625. The Hall–Kier alpha value is -0.540. The van der Waals surface area contributed by atoms with Crippen LogP contribution < -0.4 is 10.5 Å². The number of fused-ring (bicyclic) bond motifs is 1. The zero-order chi connectivity index (χ0) is 13.7. The standard InChI is InChI=1S/C16H22BrNO/c1-15(2)10-11-8-12(17)9-13(14(11)19-15)16(18)6-4-3-5-7-16/h8-9H,3-7,10,18H2,1-2H3. The van der Waals surface area contributed by atoms with E-state index in [-0.39, 0.29) is 11.1 Å². The monoisotopic (exact) mass is 323 g/mol. The Morgan fingerprint density at radius 2 is 1.84 bits per heavy atom. The van der Waals surface area contributed by atoms with Gasteiger partial charge in [0.25, 0.3) is 0 Å². The van der Waals surface area contributed by atoms with Gasteiger partial charge in [-0.3, -0.25) is 0 Å². The lowest BCUT2D eigenvalue weighted by molar-refractivity contribution is 0.133. The van der Waals surface area contributed by atoms with Gasteiger partial charge in [-0.05, 0) is 44.4 Å². The van der Waals surface area contributed by atoms with E-state index in [2.05, 4.69) is 41.9 Å². The van der Waals surface area contributed by atoms with Gasteiger partial charge in [0, 0.05) is 22.0 Å². The zero-order valence-corrected chi connectivity index (χ0v) is 13.3. The fourth-order valence-electron chi connectivity index (χ4n) is 3.49. The first-order valence-electron chi connectivity index (χ1n) is 7.20. The molecule has 104 valence electrons. The molecule has 2 nitrogen and oxygen atoms in total. The topological polar surface area (TPSA) is 35.2 Å². The number of rotatable bonds is 1. The van der Waals surface area contributed by atoms with Crippen molar-refractivity contribution in [3.63, 3.8) is 0 Å². The Kier molecular flexibility index (Phi) is 3.18. The summed E-state index contributed by atoms with van der Waals surface area (Å²) in [5.74, 6) is 1.05. The number of benzene rings is 1. The minimum atomic E-state index is -0.202. The third-order valence-electron chi connectivity index (χ3n) is 4.41. The van der Waals surface area contributed by atoms with Gasteiger partial charge in [0.15, 0.2) is 0 Å². The van der Waals surface area contributed by atoms with E-state index in [1.165, 1.54) is 30.4 Å². The van der Waals surface area contributed by atoms with E-state index in [4.69, 9.17) is 10.5 Å². The molecule has 0 spiro atoms. The third kappa shape index (κ3) is 2.43. The van der Waals surface area contributed by atoms with Crippen LogP contribution in [0.3, 0.4) is 0 Å². The van der Waals surface area contributed by atoms with Gasteiger partial charge in [-0.25, -0.2) is 0 Å². The van der Waals surface area contributed by atoms with Crippen molar-refractivity contribution in [2.75, 3.05) is 0 Å². The number of halogens is 1. The second kappa shape index (κ2) is 4.49. The molecule has 0 atom stereocenters. The smallest absolute Gasteiger partial charge is 0.128 e. The highest BCUT2D eigenvalue weighted by Crippen LogP contribution is 2.46. The molecule has 0 aromatic heterocycles. The summed E-state index contributed by atoms with van der Waals surface area (Å²) in [6, 6.07) is 4.35. The zero-order valence-electron chi connectivity index (χ0n) is 11.8. The van der Waals surface area contributed by atoms with E-state index in [0.29, 0.717) is 0 Å². The highest BCUT2D eigenvalue weighted by molar-refractivity contribution is 9.10. The molecule has 1 aliphatic carbocycles. The molecule has 0 saturated heterocycles. The van der Waals surface area contributed by atoms with Crippen LogP contribution in [0.1, 0.15) is 57.1 Å². The molecule has 0 unspecified atom stereocenters. The average molecular weight is 324 g/mol. The van der Waals surface area contributed by atoms with Gasteiger partial charge in [0.1, 0.15) is 11.4 Å². The minimum absolute atomic E-state index is 0.108. The first-order valence-corrected chi connectivity index (χ1v) is 8.00. The van der Waals surface area contributed by atoms with Crippen molar-refractivity contribution < 1.29 is 4.74 Å². The molecule has 1 fully saturated rings.